The zero-order valence-electron chi connectivity index (χ0n) is 16.7. The maximum absolute atomic E-state index is 12.5. The molecule has 32 heavy (non-hydrogen) atoms. The Morgan fingerprint density at radius 1 is 1.03 bits per heavy atom. The van der Waals surface area contributed by atoms with Crippen molar-refractivity contribution in [2.75, 3.05) is 0 Å². The van der Waals surface area contributed by atoms with Gasteiger partial charge >= 0.3 is 40.1 Å². The van der Waals surface area contributed by atoms with Gasteiger partial charge in [-0.25, -0.2) is 0 Å². The fraction of sp³-hybridized carbons (Fsp3) is 0.0556. The molecule has 1 aromatic rings. The second-order valence-electron chi connectivity index (χ2n) is 6.20. The minimum absolute atomic E-state index is 0. The minimum Gasteiger partial charge on any atom is -0.862 e. The van der Waals surface area contributed by atoms with Crippen molar-refractivity contribution in [1.82, 2.24) is 5.23 Å². The van der Waals surface area contributed by atoms with Crippen LogP contribution in [0.15, 0.2) is 69.1 Å². The van der Waals surface area contributed by atoms with E-state index in [0.29, 0.717) is 0 Å². The number of rotatable bonds is 4. The van der Waals surface area contributed by atoms with E-state index in [2.05, 4.69) is 15.2 Å². The SMILES string of the molecule is CC([O-])=NC1=CC(=NN=C2C(=O)C=C([S+](=O)(O)O)c3ccccc32)C(=O)C(N(O)O)=C1.[Na+]. The summed E-state index contributed by atoms with van der Waals surface area (Å²) in [6.45, 7) is 1.14. The molecule has 2 aliphatic carbocycles. The standard InChI is InChI=1S/C18H14N4O8S.Na/c1-9(23)19-10-6-13(18(25)14(7-10)22(26)27)20-21-17-12-5-3-2-4-11(12)16(8-15(17)24)31(28,29)30;/h2-8,26-27H,1H3,(H2-,19,20,23,24,28,29,30);/q;+1. The molecule has 0 saturated carbocycles. The van der Waals surface area contributed by atoms with Gasteiger partial charge < -0.3 is 5.11 Å². The summed E-state index contributed by atoms with van der Waals surface area (Å²) in [7, 11) is -4.45. The van der Waals surface area contributed by atoms with Gasteiger partial charge in [-0.3, -0.25) is 25.0 Å². The molecule has 0 saturated heterocycles. The number of ketones is 2. The predicted molar refractivity (Wildman–Crippen MR) is 106 cm³/mol. The molecule has 0 fully saturated rings. The number of hydrogen-bond donors (Lipinski definition) is 4. The Bertz CT molecular complexity index is 1220. The summed E-state index contributed by atoms with van der Waals surface area (Å²) < 4.78 is 30.7. The van der Waals surface area contributed by atoms with Crippen molar-refractivity contribution in [3.63, 3.8) is 0 Å². The van der Waals surface area contributed by atoms with Gasteiger partial charge in [0.25, 0.3) is 0 Å². The largest absolute Gasteiger partial charge is 1.00 e. The number of benzene rings is 1. The fourth-order valence-corrected chi connectivity index (χ4v) is 3.51. The summed E-state index contributed by atoms with van der Waals surface area (Å²) >= 11 is 0. The summed E-state index contributed by atoms with van der Waals surface area (Å²) in [6, 6.07) is 5.80. The quantitative estimate of drug-likeness (QED) is 0.0914. The van der Waals surface area contributed by atoms with Crippen LogP contribution in [0.4, 0.5) is 0 Å². The van der Waals surface area contributed by atoms with Gasteiger partial charge in [0.2, 0.25) is 16.5 Å². The zero-order valence-corrected chi connectivity index (χ0v) is 19.5. The molecule has 0 bridgehead atoms. The molecule has 0 amide bonds. The molecule has 3 rings (SSSR count). The van der Waals surface area contributed by atoms with Crippen molar-refractivity contribution >= 4 is 44.3 Å². The topological polar surface area (TPSA) is 196 Å². The van der Waals surface area contributed by atoms with Gasteiger partial charge in [0.1, 0.15) is 17.1 Å². The fourth-order valence-electron chi connectivity index (χ4n) is 2.78. The third-order valence-electron chi connectivity index (χ3n) is 4.02. The first-order valence-corrected chi connectivity index (χ1v) is 9.85. The van der Waals surface area contributed by atoms with Crippen LogP contribution in [0.3, 0.4) is 0 Å². The van der Waals surface area contributed by atoms with Crippen LogP contribution in [0.25, 0.3) is 4.91 Å². The third-order valence-corrected chi connectivity index (χ3v) is 4.93. The van der Waals surface area contributed by atoms with Crippen molar-refractivity contribution in [3.8, 4) is 0 Å². The van der Waals surface area contributed by atoms with Crippen molar-refractivity contribution < 1.29 is 68.0 Å². The van der Waals surface area contributed by atoms with Crippen LogP contribution >= 0.6 is 0 Å². The molecule has 0 aromatic heterocycles. The maximum atomic E-state index is 12.5. The van der Waals surface area contributed by atoms with Crippen molar-refractivity contribution in [2.24, 2.45) is 15.2 Å². The van der Waals surface area contributed by atoms with E-state index >= 15 is 0 Å². The number of nitrogens with zero attached hydrogens (tertiary/aromatic N) is 4. The normalized spacial score (nSPS) is 19.2. The molecule has 0 radical (unpaired) electrons. The molecule has 0 spiro atoms. The predicted octanol–water partition coefficient (Wildman–Crippen LogP) is -2.59. The average Bonchev–Trinajstić information content (AvgIpc) is 2.67. The van der Waals surface area contributed by atoms with E-state index < -0.39 is 49.5 Å². The second kappa shape index (κ2) is 9.89. The Morgan fingerprint density at radius 3 is 2.22 bits per heavy atom. The van der Waals surface area contributed by atoms with Gasteiger partial charge in [0, 0.05) is 17.2 Å². The van der Waals surface area contributed by atoms with Crippen molar-refractivity contribution in [2.45, 2.75) is 6.92 Å². The van der Waals surface area contributed by atoms with E-state index in [0.717, 1.165) is 25.2 Å². The maximum Gasteiger partial charge on any atom is 1.00 e. The second-order valence-corrected chi connectivity index (χ2v) is 7.63. The van der Waals surface area contributed by atoms with Crippen LogP contribution < -0.4 is 34.7 Å². The number of Topliss-reactive ketones (excluding diaryl/α,β-unsaturated/α-hetero) is 1. The van der Waals surface area contributed by atoms with E-state index in [-0.39, 0.29) is 52.1 Å². The molecule has 0 heterocycles. The number of hydrogen-bond acceptors (Lipinski definition) is 10. The molecule has 14 heteroatoms. The first-order chi connectivity index (χ1) is 14.5. The van der Waals surface area contributed by atoms with Gasteiger partial charge in [0.15, 0.2) is 0 Å². The third kappa shape index (κ3) is 5.40. The average molecular weight is 469 g/mol. The molecule has 160 valence electrons. The molecule has 12 nitrogen and oxygen atoms in total. The van der Waals surface area contributed by atoms with Gasteiger partial charge in [-0.15, -0.1) is 15.4 Å². The summed E-state index contributed by atoms with van der Waals surface area (Å²) in [5.74, 6) is -2.48. The Morgan fingerprint density at radius 2 is 1.66 bits per heavy atom. The Balaban J connectivity index is 0.00000363. The molecule has 4 N–H and O–H groups in total. The molecule has 2 aliphatic rings. The number of carbonyl (C=O) groups is 2. The number of allylic oxidation sites excluding steroid dienone is 4. The minimum atomic E-state index is -4.45. The smallest absolute Gasteiger partial charge is 0.862 e. The Hall–Kier alpha value is -2.62. The number of hydroxylamine groups is 2. The molecule has 0 unspecified atom stereocenters. The summed E-state index contributed by atoms with van der Waals surface area (Å²) in [5, 5.41) is 36.7. The van der Waals surface area contributed by atoms with Crippen LogP contribution in [0.5, 0.6) is 0 Å². The Labute approximate surface area is 204 Å². The summed E-state index contributed by atoms with van der Waals surface area (Å²) in [4.78, 5) is 27.9. The molecular weight excluding hydrogens is 455 g/mol. The summed E-state index contributed by atoms with van der Waals surface area (Å²) in [5.41, 5.74) is -1.42. The van der Waals surface area contributed by atoms with Gasteiger partial charge in [-0.05, 0) is 35.2 Å². The van der Waals surface area contributed by atoms with Crippen LogP contribution in [-0.2, 0) is 24.3 Å². The number of carbonyl (C=O) groups excluding carboxylic acids is 2. The molecule has 0 aliphatic heterocycles. The van der Waals surface area contributed by atoms with Gasteiger partial charge in [0.05, 0.1) is 5.70 Å². The first kappa shape index (κ1) is 25.6. The van der Waals surface area contributed by atoms with Crippen LogP contribution in [0.1, 0.15) is 18.1 Å². The summed E-state index contributed by atoms with van der Waals surface area (Å²) in [6.07, 6.45) is 2.72. The van der Waals surface area contributed by atoms with Crippen LogP contribution in [0.2, 0.25) is 0 Å². The zero-order chi connectivity index (χ0) is 22.9. The van der Waals surface area contributed by atoms with Crippen LogP contribution in [0, 0.1) is 0 Å². The van der Waals surface area contributed by atoms with Gasteiger partial charge in [-0.2, -0.15) is 9.11 Å². The van der Waals surface area contributed by atoms with Crippen molar-refractivity contribution in [3.05, 3.63) is 65.0 Å². The van der Waals surface area contributed by atoms with E-state index in [1.165, 1.54) is 24.3 Å². The van der Waals surface area contributed by atoms with Gasteiger partial charge in [-0.1, -0.05) is 18.2 Å². The van der Waals surface area contributed by atoms with E-state index in [1.807, 2.05) is 0 Å². The van der Waals surface area contributed by atoms with E-state index in [1.54, 1.807) is 0 Å². The number of fused-ring (bicyclic) bond motifs is 1. The van der Waals surface area contributed by atoms with Crippen LogP contribution in [-0.4, -0.2) is 53.6 Å². The van der Waals surface area contributed by atoms with Crippen molar-refractivity contribution in [1.29, 1.82) is 0 Å². The molecule has 1 aromatic carbocycles. The van der Waals surface area contributed by atoms with E-state index in [4.69, 9.17) is 0 Å². The first-order valence-electron chi connectivity index (χ1n) is 8.38. The molecular formula is C18H14N4NaO8S+. The number of aliphatic imine (C=N–C) groups is 1. The molecule has 0 atom stereocenters. The van der Waals surface area contributed by atoms with E-state index in [9.17, 15) is 38.4 Å². The Kier molecular flexibility index (Phi) is 7.92. The monoisotopic (exact) mass is 469 g/mol.